The van der Waals surface area contributed by atoms with Crippen LogP contribution in [0.1, 0.15) is 47.8 Å². The molecular weight excluding hydrogens is 793 g/mol. The van der Waals surface area contributed by atoms with E-state index >= 15 is 0 Å². The Labute approximate surface area is 378 Å². The van der Waals surface area contributed by atoms with Gasteiger partial charge in [-0.1, -0.05) is 190 Å². The molecule has 2 heterocycles. The SMILES string of the molecule is CC1(C)c2ccccc2-c2ccc(C3N=C(c4ccc(N(c5ccc(-c6ccccc6)cc5)c5ccc(-c6ccccc6)cc5)c5c4oc4ccccc45)N=C(c4ccccc4)N3)cc21. The number of aliphatic imine (C=N–C) groups is 2. The fourth-order valence-electron chi connectivity index (χ4n) is 9.84. The van der Waals surface area contributed by atoms with Crippen molar-refractivity contribution in [3.05, 3.63) is 246 Å². The summed E-state index contributed by atoms with van der Waals surface area (Å²) in [5.41, 5.74) is 17.2. The Bertz CT molecular complexity index is 3380. The minimum atomic E-state index is -0.399. The molecule has 1 aliphatic carbocycles. The Morgan fingerprint density at radius 2 is 1.03 bits per heavy atom. The second-order valence-electron chi connectivity index (χ2n) is 17.4. The van der Waals surface area contributed by atoms with Crippen molar-refractivity contribution < 1.29 is 4.42 Å². The number of rotatable bonds is 8. The molecule has 1 unspecified atom stereocenters. The van der Waals surface area contributed by atoms with Crippen LogP contribution in [0, 0.1) is 0 Å². The highest BCUT2D eigenvalue weighted by atomic mass is 16.3. The van der Waals surface area contributed by atoms with E-state index in [2.05, 4.69) is 224 Å². The molecule has 9 aromatic carbocycles. The maximum atomic E-state index is 6.96. The molecule has 10 aromatic rings. The van der Waals surface area contributed by atoms with Gasteiger partial charge in [-0.05, 0) is 92.5 Å². The quantitative estimate of drug-likeness (QED) is 0.166. The van der Waals surface area contributed by atoms with Crippen molar-refractivity contribution in [1.82, 2.24) is 5.32 Å². The van der Waals surface area contributed by atoms with E-state index in [1.165, 1.54) is 33.4 Å². The largest absolute Gasteiger partial charge is 0.455 e. The zero-order valence-electron chi connectivity index (χ0n) is 36.1. The van der Waals surface area contributed by atoms with E-state index in [4.69, 9.17) is 14.4 Å². The van der Waals surface area contributed by atoms with Crippen LogP contribution in [-0.2, 0) is 5.41 Å². The summed E-state index contributed by atoms with van der Waals surface area (Å²) in [5.74, 6) is 1.37. The average Bonchev–Trinajstić information content (AvgIpc) is 3.87. The number of fused-ring (bicyclic) bond motifs is 6. The Morgan fingerprint density at radius 3 is 1.69 bits per heavy atom. The molecule has 5 heteroatoms. The summed E-state index contributed by atoms with van der Waals surface area (Å²) in [7, 11) is 0. The van der Waals surface area contributed by atoms with Gasteiger partial charge in [0.25, 0.3) is 0 Å². The molecule has 0 amide bonds. The lowest BCUT2D eigenvalue weighted by atomic mass is 9.82. The number of nitrogens with one attached hydrogen (secondary N) is 1. The van der Waals surface area contributed by atoms with Gasteiger partial charge in [-0.25, -0.2) is 9.98 Å². The summed E-state index contributed by atoms with van der Waals surface area (Å²) in [4.78, 5) is 13.1. The third kappa shape index (κ3) is 6.63. The molecule has 65 heavy (non-hydrogen) atoms. The maximum Gasteiger partial charge on any atom is 0.163 e. The van der Waals surface area contributed by atoms with Crippen molar-refractivity contribution in [3.8, 4) is 33.4 Å². The third-order valence-corrected chi connectivity index (χ3v) is 13.2. The average molecular weight is 837 g/mol. The molecule has 1 atom stereocenters. The van der Waals surface area contributed by atoms with E-state index in [1.807, 2.05) is 18.2 Å². The molecule has 310 valence electrons. The first-order valence-electron chi connectivity index (χ1n) is 22.3. The lowest BCUT2D eigenvalue weighted by Crippen LogP contribution is -2.33. The van der Waals surface area contributed by atoms with E-state index in [-0.39, 0.29) is 5.41 Å². The summed E-state index contributed by atoms with van der Waals surface area (Å²) in [6.45, 7) is 4.64. The smallest absolute Gasteiger partial charge is 0.163 e. The Balaban J connectivity index is 1.03. The first-order valence-corrected chi connectivity index (χ1v) is 22.3. The van der Waals surface area contributed by atoms with E-state index < -0.39 is 6.17 Å². The van der Waals surface area contributed by atoms with Gasteiger partial charge in [0.2, 0.25) is 0 Å². The molecule has 0 spiro atoms. The fraction of sp³-hybridized carbons (Fsp3) is 0.0667. The van der Waals surface area contributed by atoms with Crippen LogP contribution in [0.25, 0.3) is 55.3 Å². The second-order valence-corrected chi connectivity index (χ2v) is 17.4. The molecule has 0 radical (unpaired) electrons. The van der Waals surface area contributed by atoms with Crippen molar-refractivity contribution >= 4 is 50.7 Å². The number of hydrogen-bond acceptors (Lipinski definition) is 5. The minimum absolute atomic E-state index is 0.147. The van der Waals surface area contributed by atoms with E-state index in [9.17, 15) is 0 Å². The summed E-state index contributed by atoms with van der Waals surface area (Å²) < 4.78 is 6.96. The van der Waals surface area contributed by atoms with Gasteiger partial charge in [0, 0.05) is 27.7 Å². The number of amidine groups is 2. The van der Waals surface area contributed by atoms with Crippen LogP contribution in [0.5, 0.6) is 0 Å². The number of nitrogens with zero attached hydrogens (tertiary/aromatic N) is 3. The lowest BCUT2D eigenvalue weighted by molar-refractivity contribution is 0.645. The van der Waals surface area contributed by atoms with Crippen LogP contribution in [0.2, 0.25) is 0 Å². The predicted octanol–water partition coefficient (Wildman–Crippen LogP) is 15.2. The number of para-hydroxylation sites is 1. The number of benzene rings is 9. The number of anilines is 3. The van der Waals surface area contributed by atoms with Gasteiger partial charge in [0.1, 0.15) is 23.2 Å². The zero-order chi connectivity index (χ0) is 43.5. The molecule has 0 fully saturated rings. The van der Waals surface area contributed by atoms with Crippen LogP contribution < -0.4 is 10.2 Å². The molecule has 0 bridgehead atoms. The Morgan fingerprint density at radius 1 is 0.492 bits per heavy atom. The highest BCUT2D eigenvalue weighted by molar-refractivity contribution is 6.22. The van der Waals surface area contributed by atoms with E-state index in [0.717, 1.165) is 72.7 Å². The summed E-state index contributed by atoms with van der Waals surface area (Å²) in [5, 5.41) is 5.74. The first kappa shape index (κ1) is 38.4. The van der Waals surface area contributed by atoms with Crippen LogP contribution in [0.3, 0.4) is 0 Å². The monoisotopic (exact) mass is 836 g/mol. The van der Waals surface area contributed by atoms with E-state index in [0.29, 0.717) is 5.84 Å². The molecule has 2 aliphatic rings. The van der Waals surface area contributed by atoms with Gasteiger partial charge in [-0.3, -0.25) is 0 Å². The van der Waals surface area contributed by atoms with Gasteiger partial charge in [-0.2, -0.15) is 0 Å². The maximum absolute atomic E-state index is 6.96. The highest BCUT2D eigenvalue weighted by Crippen LogP contribution is 2.50. The highest BCUT2D eigenvalue weighted by Gasteiger charge is 2.36. The summed E-state index contributed by atoms with van der Waals surface area (Å²) in [6.07, 6.45) is -0.399. The van der Waals surface area contributed by atoms with Gasteiger partial charge in [0.15, 0.2) is 5.84 Å². The summed E-state index contributed by atoms with van der Waals surface area (Å²) in [6, 6.07) is 77.3. The van der Waals surface area contributed by atoms with Crippen molar-refractivity contribution in [1.29, 1.82) is 0 Å². The van der Waals surface area contributed by atoms with Crippen molar-refractivity contribution in [3.63, 3.8) is 0 Å². The molecule has 1 aromatic heterocycles. The minimum Gasteiger partial charge on any atom is -0.455 e. The Hall–Kier alpha value is -8.28. The molecule has 0 saturated carbocycles. The third-order valence-electron chi connectivity index (χ3n) is 13.2. The van der Waals surface area contributed by atoms with Crippen LogP contribution in [0.15, 0.2) is 233 Å². The number of hydrogen-bond donors (Lipinski definition) is 1. The van der Waals surface area contributed by atoms with Crippen molar-refractivity contribution in [2.45, 2.75) is 25.4 Å². The predicted molar refractivity (Wildman–Crippen MR) is 269 cm³/mol. The van der Waals surface area contributed by atoms with Gasteiger partial charge in [0.05, 0.1) is 16.6 Å². The molecule has 1 aliphatic heterocycles. The standard InChI is InChI=1S/C60H44N4O/c1-60(2)51-24-14-12-22-47(51)48-35-30-44(38-52(48)60)58-61-57(43-20-10-5-11-21-43)62-59(63-58)50-36-37-53(55-49-23-13-15-25-54(49)65-56(50)55)64(45-31-26-41(27-32-45)39-16-6-3-7-17-39)46-33-28-42(29-34-46)40-18-8-4-9-19-40/h3-38,58H,1-2H3,(H,61,62,63). The van der Waals surface area contributed by atoms with Gasteiger partial charge >= 0.3 is 0 Å². The molecule has 12 rings (SSSR count). The summed E-state index contributed by atoms with van der Waals surface area (Å²) >= 11 is 0. The molecule has 5 nitrogen and oxygen atoms in total. The normalized spacial score (nSPS) is 14.9. The topological polar surface area (TPSA) is 53.1 Å². The molecular formula is C60H44N4O. The van der Waals surface area contributed by atoms with Crippen LogP contribution in [-0.4, -0.2) is 11.7 Å². The first-order chi connectivity index (χ1) is 32.0. The Kier molecular flexibility index (Phi) is 9.16. The lowest BCUT2D eigenvalue weighted by Gasteiger charge is -2.28. The van der Waals surface area contributed by atoms with Crippen molar-refractivity contribution in [2.24, 2.45) is 9.98 Å². The van der Waals surface area contributed by atoms with Gasteiger partial charge in [-0.15, -0.1) is 0 Å². The fourth-order valence-corrected chi connectivity index (χ4v) is 9.84. The molecule has 0 saturated heterocycles. The van der Waals surface area contributed by atoms with Gasteiger partial charge < -0.3 is 14.6 Å². The molecule has 1 N–H and O–H groups in total. The second kappa shape index (κ2) is 15.5. The van der Waals surface area contributed by atoms with Crippen molar-refractivity contribution in [2.75, 3.05) is 4.90 Å². The zero-order valence-corrected chi connectivity index (χ0v) is 36.1. The number of furan rings is 1. The van der Waals surface area contributed by atoms with Crippen LogP contribution in [0.4, 0.5) is 17.1 Å². The van der Waals surface area contributed by atoms with E-state index in [1.54, 1.807) is 0 Å². The van der Waals surface area contributed by atoms with Crippen LogP contribution >= 0.6 is 0 Å².